The first-order chi connectivity index (χ1) is 9.23. The lowest BCUT2D eigenvalue weighted by atomic mass is 9.77. The van der Waals surface area contributed by atoms with Crippen LogP contribution in [0.5, 0.6) is 0 Å². The normalized spacial score (nSPS) is 23.7. The van der Waals surface area contributed by atoms with Crippen molar-refractivity contribution in [3.63, 3.8) is 0 Å². The van der Waals surface area contributed by atoms with E-state index < -0.39 is 11.4 Å². The van der Waals surface area contributed by atoms with Gasteiger partial charge in [-0.1, -0.05) is 44.2 Å². The van der Waals surface area contributed by atoms with Gasteiger partial charge in [0.15, 0.2) is 5.79 Å². The van der Waals surface area contributed by atoms with E-state index in [4.69, 9.17) is 9.47 Å². The van der Waals surface area contributed by atoms with Crippen LogP contribution in [-0.4, -0.2) is 24.1 Å². The maximum atomic E-state index is 10.7. The molecule has 1 saturated heterocycles. The molecule has 1 saturated carbocycles. The lowest BCUT2D eigenvalue weighted by molar-refractivity contribution is -0.204. The summed E-state index contributed by atoms with van der Waals surface area (Å²) >= 11 is 0. The van der Waals surface area contributed by atoms with Crippen LogP contribution in [0.15, 0.2) is 30.3 Å². The van der Waals surface area contributed by atoms with Gasteiger partial charge in [-0.25, -0.2) is 0 Å². The van der Waals surface area contributed by atoms with Crippen molar-refractivity contribution in [1.82, 2.24) is 0 Å². The number of hydrogen-bond acceptors (Lipinski definition) is 3. The summed E-state index contributed by atoms with van der Waals surface area (Å²) < 4.78 is 11.4. The van der Waals surface area contributed by atoms with Gasteiger partial charge in [-0.3, -0.25) is 0 Å². The molecule has 3 heteroatoms. The second-order valence-electron chi connectivity index (χ2n) is 5.01. The smallest absolute Gasteiger partial charge is 0.168 e. The molecular formula is C16H24O3. The molecule has 1 spiro atoms. The van der Waals surface area contributed by atoms with Crippen LogP contribution in [0.4, 0.5) is 0 Å². The van der Waals surface area contributed by atoms with Crippen LogP contribution < -0.4 is 0 Å². The fraction of sp³-hybridized carbons (Fsp3) is 0.625. The Kier molecular flexibility index (Phi) is 4.61. The average Bonchev–Trinajstić information content (AvgIpc) is 2.95. The second-order valence-corrected chi connectivity index (χ2v) is 5.01. The quantitative estimate of drug-likeness (QED) is 0.846. The third-order valence-corrected chi connectivity index (χ3v) is 3.96. The van der Waals surface area contributed by atoms with Gasteiger partial charge in [-0.05, 0) is 18.4 Å². The van der Waals surface area contributed by atoms with E-state index in [0.717, 1.165) is 18.4 Å². The zero-order valence-corrected chi connectivity index (χ0v) is 11.9. The summed E-state index contributed by atoms with van der Waals surface area (Å²) in [5.74, 6) is -0.402. The van der Waals surface area contributed by atoms with Crippen LogP contribution in [0.1, 0.15) is 45.1 Å². The summed E-state index contributed by atoms with van der Waals surface area (Å²) in [5, 5.41) is 10.7. The molecular weight excluding hydrogens is 240 g/mol. The van der Waals surface area contributed by atoms with E-state index in [2.05, 4.69) is 0 Å². The van der Waals surface area contributed by atoms with Crippen molar-refractivity contribution in [2.75, 3.05) is 13.2 Å². The van der Waals surface area contributed by atoms with Gasteiger partial charge in [-0.2, -0.15) is 0 Å². The molecule has 1 aliphatic heterocycles. The Morgan fingerprint density at radius 2 is 1.42 bits per heavy atom. The highest BCUT2D eigenvalue weighted by molar-refractivity contribution is 5.23. The molecule has 0 amide bonds. The van der Waals surface area contributed by atoms with E-state index in [1.807, 2.05) is 44.2 Å². The molecule has 0 bridgehead atoms. The van der Waals surface area contributed by atoms with E-state index in [1.54, 1.807) is 0 Å². The molecule has 106 valence electrons. The summed E-state index contributed by atoms with van der Waals surface area (Å²) in [6, 6.07) is 9.91. The largest absolute Gasteiger partial charge is 0.385 e. The Labute approximate surface area is 115 Å². The topological polar surface area (TPSA) is 38.7 Å². The van der Waals surface area contributed by atoms with Gasteiger partial charge in [-0.15, -0.1) is 0 Å². The van der Waals surface area contributed by atoms with Crippen LogP contribution in [0.2, 0.25) is 0 Å². The fourth-order valence-electron chi connectivity index (χ4n) is 2.87. The first-order valence-electron chi connectivity index (χ1n) is 7.28. The molecule has 3 nitrogen and oxygen atoms in total. The number of rotatable bonds is 1. The third kappa shape index (κ3) is 2.99. The zero-order valence-electron chi connectivity index (χ0n) is 11.9. The first kappa shape index (κ1) is 14.5. The molecule has 2 aliphatic rings. The Bertz CT molecular complexity index is 372. The van der Waals surface area contributed by atoms with Gasteiger partial charge in [0.25, 0.3) is 0 Å². The van der Waals surface area contributed by atoms with Crippen molar-refractivity contribution in [2.45, 2.75) is 50.9 Å². The molecule has 1 N–H and O–H groups in total. The molecule has 2 fully saturated rings. The predicted molar refractivity (Wildman–Crippen MR) is 74.8 cm³/mol. The van der Waals surface area contributed by atoms with E-state index in [0.29, 0.717) is 26.1 Å². The van der Waals surface area contributed by atoms with Gasteiger partial charge >= 0.3 is 0 Å². The zero-order chi connectivity index (χ0) is 13.8. The molecule has 0 radical (unpaired) electrons. The molecule has 19 heavy (non-hydrogen) atoms. The van der Waals surface area contributed by atoms with Crippen LogP contribution in [0.3, 0.4) is 0 Å². The van der Waals surface area contributed by atoms with Gasteiger partial charge in [0.05, 0.1) is 18.8 Å². The summed E-state index contributed by atoms with van der Waals surface area (Å²) in [4.78, 5) is 0. The summed E-state index contributed by atoms with van der Waals surface area (Å²) in [5.41, 5.74) is 0.301. The van der Waals surface area contributed by atoms with E-state index in [1.165, 1.54) is 0 Å². The van der Waals surface area contributed by atoms with Crippen molar-refractivity contribution in [2.24, 2.45) is 0 Å². The van der Waals surface area contributed by atoms with Crippen LogP contribution in [-0.2, 0) is 15.1 Å². The molecule has 0 aromatic heterocycles. The van der Waals surface area contributed by atoms with Crippen molar-refractivity contribution in [3.8, 4) is 0 Å². The van der Waals surface area contributed by atoms with Crippen LogP contribution in [0.25, 0.3) is 0 Å². The highest BCUT2D eigenvalue weighted by atomic mass is 16.7. The number of benzene rings is 1. The number of aliphatic hydroxyl groups is 1. The van der Waals surface area contributed by atoms with Crippen molar-refractivity contribution >= 4 is 0 Å². The van der Waals surface area contributed by atoms with Crippen molar-refractivity contribution in [3.05, 3.63) is 35.9 Å². The predicted octanol–water partition coefficient (Wildman–Crippen LogP) is 3.22. The number of ether oxygens (including phenoxy) is 2. The molecule has 0 unspecified atom stereocenters. The van der Waals surface area contributed by atoms with Crippen molar-refractivity contribution < 1.29 is 14.6 Å². The first-order valence-corrected chi connectivity index (χ1v) is 7.28. The minimum atomic E-state index is -0.707. The van der Waals surface area contributed by atoms with Crippen molar-refractivity contribution in [1.29, 1.82) is 0 Å². The van der Waals surface area contributed by atoms with Gasteiger partial charge in [0.1, 0.15) is 0 Å². The molecule has 0 atom stereocenters. The lowest BCUT2D eigenvalue weighted by Gasteiger charge is -2.40. The van der Waals surface area contributed by atoms with Gasteiger partial charge in [0.2, 0.25) is 0 Å². The SMILES string of the molecule is CC.OC1(c2ccccc2)CCC2(CC1)OCCO2. The Hall–Kier alpha value is -0.900. The minimum absolute atomic E-state index is 0.402. The molecule has 3 rings (SSSR count). The van der Waals surface area contributed by atoms with Gasteiger partial charge < -0.3 is 14.6 Å². The van der Waals surface area contributed by atoms with E-state index >= 15 is 0 Å². The van der Waals surface area contributed by atoms with E-state index in [-0.39, 0.29) is 0 Å². The van der Waals surface area contributed by atoms with Crippen LogP contribution >= 0.6 is 0 Å². The lowest BCUT2D eigenvalue weighted by Crippen LogP contribution is -2.42. The molecule has 1 aliphatic carbocycles. The van der Waals surface area contributed by atoms with Gasteiger partial charge in [0, 0.05) is 12.8 Å². The summed E-state index contributed by atoms with van der Waals surface area (Å²) in [6.07, 6.45) is 2.96. The average molecular weight is 264 g/mol. The highest BCUT2D eigenvalue weighted by Gasteiger charge is 2.46. The standard InChI is InChI=1S/C14H18O3.C2H6/c15-13(12-4-2-1-3-5-12)6-8-14(9-7-13)16-10-11-17-14;1-2/h1-5,15H,6-11H2;1-2H3. The summed E-state index contributed by atoms with van der Waals surface area (Å²) in [7, 11) is 0. The maximum absolute atomic E-state index is 10.7. The van der Waals surface area contributed by atoms with Crippen LogP contribution in [0, 0.1) is 0 Å². The minimum Gasteiger partial charge on any atom is -0.385 e. The molecule has 1 aromatic carbocycles. The maximum Gasteiger partial charge on any atom is 0.168 e. The Morgan fingerprint density at radius 1 is 0.895 bits per heavy atom. The molecule has 1 heterocycles. The Balaban J connectivity index is 0.000000637. The Morgan fingerprint density at radius 3 is 1.95 bits per heavy atom. The fourth-order valence-corrected chi connectivity index (χ4v) is 2.87. The summed E-state index contributed by atoms with van der Waals surface area (Å²) in [6.45, 7) is 5.37. The highest BCUT2D eigenvalue weighted by Crippen LogP contribution is 2.44. The molecule has 1 aromatic rings. The second kappa shape index (κ2) is 6.04. The monoisotopic (exact) mass is 264 g/mol. The number of hydrogen-bond donors (Lipinski definition) is 1. The van der Waals surface area contributed by atoms with E-state index in [9.17, 15) is 5.11 Å². The third-order valence-electron chi connectivity index (χ3n) is 3.96.